The van der Waals surface area contributed by atoms with E-state index in [1.807, 2.05) is 22.9 Å². The minimum Gasteiger partial charge on any atom is -0.301 e. The van der Waals surface area contributed by atoms with E-state index in [0.717, 1.165) is 25.2 Å². The summed E-state index contributed by atoms with van der Waals surface area (Å²) in [5.74, 6) is 0. The molecule has 110 valence electrons. The highest BCUT2D eigenvalue weighted by atomic mass is 32.1. The minimum absolute atomic E-state index is 0.983. The SMILES string of the molecule is Cc1ncsc1CCN(C)Cc1ccc(-c2ccn[nH]2)s1. The zero-order valence-electron chi connectivity index (χ0n) is 12.2. The van der Waals surface area contributed by atoms with E-state index in [-0.39, 0.29) is 0 Å². The lowest BCUT2D eigenvalue weighted by molar-refractivity contribution is 0.335. The molecule has 0 amide bonds. The highest BCUT2D eigenvalue weighted by Crippen LogP contribution is 2.27. The van der Waals surface area contributed by atoms with Gasteiger partial charge in [-0.3, -0.25) is 5.10 Å². The highest BCUT2D eigenvalue weighted by Gasteiger charge is 2.08. The van der Waals surface area contributed by atoms with Gasteiger partial charge in [0.05, 0.1) is 21.8 Å². The van der Waals surface area contributed by atoms with Crippen molar-refractivity contribution in [2.24, 2.45) is 0 Å². The number of aryl methyl sites for hydroxylation is 1. The van der Waals surface area contributed by atoms with Crippen LogP contribution in [0.2, 0.25) is 0 Å². The van der Waals surface area contributed by atoms with Crippen molar-refractivity contribution in [3.8, 4) is 10.6 Å². The summed E-state index contributed by atoms with van der Waals surface area (Å²) in [5, 5.41) is 7.01. The molecule has 0 aromatic carbocycles. The summed E-state index contributed by atoms with van der Waals surface area (Å²) in [4.78, 5) is 10.7. The maximum atomic E-state index is 4.30. The minimum atomic E-state index is 0.983. The van der Waals surface area contributed by atoms with Crippen molar-refractivity contribution in [3.63, 3.8) is 0 Å². The van der Waals surface area contributed by atoms with E-state index >= 15 is 0 Å². The van der Waals surface area contributed by atoms with Gasteiger partial charge in [0.25, 0.3) is 0 Å². The van der Waals surface area contributed by atoms with Gasteiger partial charge in [-0.15, -0.1) is 22.7 Å². The molecule has 21 heavy (non-hydrogen) atoms. The zero-order chi connectivity index (χ0) is 14.7. The van der Waals surface area contributed by atoms with Crippen molar-refractivity contribution in [2.45, 2.75) is 19.9 Å². The standard InChI is InChI=1S/C15H18N4S2/c1-11-14(20-10-16-11)6-8-19(2)9-12-3-4-15(21-12)13-5-7-17-18-13/h3-5,7,10H,6,8-9H2,1-2H3,(H,17,18). The summed E-state index contributed by atoms with van der Waals surface area (Å²) in [6.07, 6.45) is 2.87. The van der Waals surface area contributed by atoms with E-state index in [0.29, 0.717) is 0 Å². The number of likely N-dealkylation sites (N-methyl/N-ethyl adjacent to an activating group) is 1. The van der Waals surface area contributed by atoms with Gasteiger partial charge in [0, 0.05) is 29.0 Å². The third kappa shape index (κ3) is 3.58. The zero-order valence-corrected chi connectivity index (χ0v) is 13.8. The van der Waals surface area contributed by atoms with Crippen LogP contribution >= 0.6 is 22.7 Å². The molecule has 0 radical (unpaired) electrons. The molecule has 6 heteroatoms. The Labute approximate surface area is 132 Å². The second kappa shape index (κ2) is 6.51. The van der Waals surface area contributed by atoms with Gasteiger partial charge >= 0.3 is 0 Å². The van der Waals surface area contributed by atoms with Gasteiger partial charge in [-0.25, -0.2) is 4.98 Å². The van der Waals surface area contributed by atoms with Crippen LogP contribution in [0.3, 0.4) is 0 Å². The van der Waals surface area contributed by atoms with Crippen LogP contribution in [0.15, 0.2) is 29.9 Å². The fraction of sp³-hybridized carbons (Fsp3) is 0.333. The van der Waals surface area contributed by atoms with Crippen molar-refractivity contribution in [2.75, 3.05) is 13.6 Å². The third-order valence-corrected chi connectivity index (χ3v) is 5.52. The molecule has 1 N–H and O–H groups in total. The molecule has 0 aliphatic rings. The number of aromatic amines is 1. The van der Waals surface area contributed by atoms with E-state index in [2.05, 4.69) is 46.2 Å². The van der Waals surface area contributed by atoms with Crippen LogP contribution in [-0.4, -0.2) is 33.7 Å². The van der Waals surface area contributed by atoms with Crippen molar-refractivity contribution in [3.05, 3.63) is 45.4 Å². The van der Waals surface area contributed by atoms with E-state index in [9.17, 15) is 0 Å². The van der Waals surface area contributed by atoms with Crippen LogP contribution in [0, 0.1) is 6.92 Å². The molecule has 3 aromatic rings. The molecule has 0 fully saturated rings. The largest absolute Gasteiger partial charge is 0.301 e. The average molecular weight is 318 g/mol. The molecular weight excluding hydrogens is 300 g/mol. The molecule has 0 atom stereocenters. The Bertz CT molecular complexity index is 684. The Morgan fingerprint density at radius 2 is 2.19 bits per heavy atom. The molecular formula is C15H18N4S2. The van der Waals surface area contributed by atoms with Gasteiger partial charge in [0.15, 0.2) is 0 Å². The van der Waals surface area contributed by atoms with E-state index in [1.165, 1.54) is 20.3 Å². The lowest BCUT2D eigenvalue weighted by atomic mass is 10.3. The van der Waals surface area contributed by atoms with Gasteiger partial charge in [-0.2, -0.15) is 5.10 Å². The van der Waals surface area contributed by atoms with Crippen molar-refractivity contribution in [1.82, 2.24) is 20.1 Å². The second-order valence-corrected chi connectivity index (χ2v) is 7.19. The second-order valence-electron chi connectivity index (χ2n) is 5.09. The number of nitrogens with one attached hydrogen (secondary N) is 1. The van der Waals surface area contributed by atoms with Crippen LogP contribution in [0.25, 0.3) is 10.6 Å². The van der Waals surface area contributed by atoms with Crippen LogP contribution < -0.4 is 0 Å². The number of aromatic nitrogens is 3. The normalized spacial score (nSPS) is 11.4. The Balaban J connectivity index is 1.55. The number of thiophene rings is 1. The fourth-order valence-corrected chi connectivity index (χ4v) is 4.04. The highest BCUT2D eigenvalue weighted by molar-refractivity contribution is 7.15. The van der Waals surface area contributed by atoms with Gasteiger partial charge in [0.1, 0.15) is 0 Å². The Morgan fingerprint density at radius 3 is 2.90 bits per heavy atom. The topological polar surface area (TPSA) is 44.8 Å². The first-order valence-electron chi connectivity index (χ1n) is 6.88. The van der Waals surface area contributed by atoms with Gasteiger partial charge in [-0.1, -0.05) is 0 Å². The number of rotatable bonds is 6. The van der Waals surface area contributed by atoms with Crippen molar-refractivity contribution < 1.29 is 0 Å². The molecule has 0 saturated heterocycles. The number of hydrogen-bond donors (Lipinski definition) is 1. The van der Waals surface area contributed by atoms with Crippen LogP contribution in [0.1, 0.15) is 15.4 Å². The molecule has 3 aromatic heterocycles. The van der Waals surface area contributed by atoms with E-state index in [4.69, 9.17) is 0 Å². The Hall–Kier alpha value is -1.50. The van der Waals surface area contributed by atoms with Gasteiger partial charge in [-0.05, 0) is 38.6 Å². The van der Waals surface area contributed by atoms with Crippen LogP contribution in [-0.2, 0) is 13.0 Å². The summed E-state index contributed by atoms with van der Waals surface area (Å²) >= 11 is 3.58. The molecule has 0 bridgehead atoms. The summed E-state index contributed by atoms with van der Waals surface area (Å²) in [6.45, 7) is 4.12. The Morgan fingerprint density at radius 1 is 1.29 bits per heavy atom. The molecule has 0 unspecified atom stereocenters. The number of H-pyrrole nitrogens is 1. The first-order chi connectivity index (χ1) is 10.2. The first-order valence-corrected chi connectivity index (χ1v) is 8.58. The predicted octanol–water partition coefficient (Wildman–Crippen LogP) is 3.58. The molecule has 0 spiro atoms. The molecule has 0 saturated carbocycles. The van der Waals surface area contributed by atoms with Crippen molar-refractivity contribution in [1.29, 1.82) is 0 Å². The summed E-state index contributed by atoms with van der Waals surface area (Å²) in [5.41, 5.74) is 4.20. The smallest absolute Gasteiger partial charge is 0.0797 e. The van der Waals surface area contributed by atoms with Gasteiger partial charge < -0.3 is 4.90 Å². The maximum absolute atomic E-state index is 4.30. The summed E-state index contributed by atoms with van der Waals surface area (Å²) < 4.78 is 0. The first kappa shape index (κ1) is 14.4. The fourth-order valence-electron chi connectivity index (χ4n) is 2.20. The summed E-state index contributed by atoms with van der Waals surface area (Å²) in [7, 11) is 2.17. The Kier molecular flexibility index (Phi) is 4.48. The van der Waals surface area contributed by atoms with Gasteiger partial charge in [0.2, 0.25) is 0 Å². The quantitative estimate of drug-likeness (QED) is 0.755. The molecule has 3 rings (SSSR count). The molecule has 0 aliphatic heterocycles. The third-order valence-electron chi connectivity index (χ3n) is 3.42. The lowest BCUT2D eigenvalue weighted by Crippen LogP contribution is -2.20. The molecule has 3 heterocycles. The van der Waals surface area contributed by atoms with Crippen LogP contribution in [0.4, 0.5) is 0 Å². The number of hydrogen-bond acceptors (Lipinski definition) is 5. The van der Waals surface area contributed by atoms with E-state index < -0.39 is 0 Å². The predicted molar refractivity (Wildman–Crippen MR) is 88.8 cm³/mol. The average Bonchev–Trinajstić information content (AvgIpc) is 3.17. The van der Waals surface area contributed by atoms with Crippen LogP contribution in [0.5, 0.6) is 0 Å². The number of nitrogens with zero attached hydrogens (tertiary/aromatic N) is 3. The van der Waals surface area contributed by atoms with E-state index in [1.54, 1.807) is 17.5 Å². The van der Waals surface area contributed by atoms with Crippen molar-refractivity contribution >= 4 is 22.7 Å². The number of thiazole rings is 1. The molecule has 0 aliphatic carbocycles. The maximum Gasteiger partial charge on any atom is 0.0797 e. The molecule has 4 nitrogen and oxygen atoms in total. The lowest BCUT2D eigenvalue weighted by Gasteiger charge is -2.14. The monoisotopic (exact) mass is 318 g/mol. The summed E-state index contributed by atoms with van der Waals surface area (Å²) in [6, 6.07) is 6.37.